The van der Waals surface area contributed by atoms with Crippen molar-refractivity contribution >= 4 is 45.6 Å². The molecule has 0 aliphatic heterocycles. The summed E-state index contributed by atoms with van der Waals surface area (Å²) in [7, 11) is -3.38. The third kappa shape index (κ3) is 4.98. The Balaban J connectivity index is 1.94. The summed E-state index contributed by atoms with van der Waals surface area (Å²) in [5.74, 6) is -3.84. The fourth-order valence-electron chi connectivity index (χ4n) is 2.63. The SMILES string of the molecule is CC(=O)Nc1ccc(NC(=O)c2c(F)ccc(N(c3cccnc3)[SH](=O)=O)c2F)cn1. The molecular formula is C19H15F2N5O4S. The maximum Gasteiger partial charge on any atom is 0.261 e. The van der Waals surface area contributed by atoms with E-state index >= 15 is 4.39 Å². The Bertz CT molecular complexity index is 1200. The number of carbonyl (C=O) groups excluding carboxylic acids is 2. The molecule has 2 amide bonds. The van der Waals surface area contributed by atoms with E-state index in [1.54, 1.807) is 0 Å². The van der Waals surface area contributed by atoms with Crippen LogP contribution in [0.15, 0.2) is 55.0 Å². The van der Waals surface area contributed by atoms with E-state index in [9.17, 15) is 22.4 Å². The topological polar surface area (TPSA) is 121 Å². The highest BCUT2D eigenvalue weighted by atomic mass is 32.2. The van der Waals surface area contributed by atoms with Crippen molar-refractivity contribution in [1.82, 2.24) is 9.97 Å². The maximum atomic E-state index is 15.1. The Morgan fingerprint density at radius 3 is 2.39 bits per heavy atom. The van der Waals surface area contributed by atoms with E-state index in [2.05, 4.69) is 20.6 Å². The first-order valence-corrected chi connectivity index (χ1v) is 9.78. The van der Waals surface area contributed by atoms with Crippen LogP contribution < -0.4 is 14.9 Å². The van der Waals surface area contributed by atoms with Gasteiger partial charge in [-0.3, -0.25) is 14.6 Å². The molecule has 3 aromatic rings. The number of carbonyl (C=O) groups is 2. The van der Waals surface area contributed by atoms with Crippen molar-refractivity contribution in [2.75, 3.05) is 14.9 Å². The number of halogens is 2. The fraction of sp³-hybridized carbons (Fsp3) is 0.0526. The van der Waals surface area contributed by atoms with Crippen LogP contribution in [0.4, 0.5) is 31.7 Å². The molecular weight excluding hydrogens is 432 g/mol. The number of nitrogens with zero attached hydrogens (tertiary/aromatic N) is 3. The smallest absolute Gasteiger partial charge is 0.261 e. The van der Waals surface area contributed by atoms with E-state index in [4.69, 9.17) is 0 Å². The van der Waals surface area contributed by atoms with Gasteiger partial charge in [-0.25, -0.2) is 26.5 Å². The van der Waals surface area contributed by atoms with Crippen molar-refractivity contribution in [3.05, 3.63) is 72.2 Å². The largest absolute Gasteiger partial charge is 0.320 e. The van der Waals surface area contributed by atoms with Crippen LogP contribution in [0.1, 0.15) is 17.3 Å². The zero-order valence-electron chi connectivity index (χ0n) is 15.9. The van der Waals surface area contributed by atoms with Gasteiger partial charge in [0.1, 0.15) is 17.2 Å². The fourth-order valence-corrected chi connectivity index (χ4v) is 3.27. The normalized spacial score (nSPS) is 10.6. The minimum absolute atomic E-state index is 0.00763. The molecule has 2 N–H and O–H groups in total. The highest BCUT2D eigenvalue weighted by molar-refractivity contribution is 7.74. The molecule has 0 unspecified atom stereocenters. The number of nitrogens with one attached hydrogen (secondary N) is 2. The van der Waals surface area contributed by atoms with E-state index in [-0.39, 0.29) is 23.1 Å². The van der Waals surface area contributed by atoms with Crippen LogP contribution in [0, 0.1) is 11.6 Å². The Morgan fingerprint density at radius 1 is 1.03 bits per heavy atom. The Kier molecular flexibility index (Phi) is 6.50. The van der Waals surface area contributed by atoms with Crippen LogP contribution in [0.3, 0.4) is 0 Å². The molecule has 12 heteroatoms. The molecule has 31 heavy (non-hydrogen) atoms. The van der Waals surface area contributed by atoms with Gasteiger partial charge in [-0.15, -0.1) is 0 Å². The molecule has 0 fully saturated rings. The minimum Gasteiger partial charge on any atom is -0.320 e. The molecule has 0 aliphatic carbocycles. The number of hydrogen-bond donors (Lipinski definition) is 3. The standard InChI is InChI=1S/C19H15F2N5O4S/c1-11(27)24-16-7-4-12(9-23-16)25-19(28)17-14(20)5-6-15(18(17)21)26(31(29)30)13-3-2-8-22-10-13/h2-10,31H,1H3,(H,25,28)(H,23,24,27). The first-order valence-electron chi connectivity index (χ1n) is 8.65. The predicted molar refractivity (Wildman–Crippen MR) is 110 cm³/mol. The number of pyridine rings is 2. The summed E-state index contributed by atoms with van der Waals surface area (Å²) in [5.41, 5.74) is -1.42. The van der Waals surface area contributed by atoms with Crippen molar-refractivity contribution in [2.45, 2.75) is 6.92 Å². The van der Waals surface area contributed by atoms with E-state index in [1.165, 1.54) is 49.8 Å². The van der Waals surface area contributed by atoms with E-state index in [0.717, 1.165) is 12.1 Å². The number of aromatic nitrogens is 2. The molecule has 0 bridgehead atoms. The summed E-state index contributed by atoms with van der Waals surface area (Å²) in [4.78, 5) is 31.2. The van der Waals surface area contributed by atoms with Gasteiger partial charge in [0.05, 0.1) is 29.5 Å². The monoisotopic (exact) mass is 447 g/mol. The van der Waals surface area contributed by atoms with E-state index in [1.807, 2.05) is 0 Å². The molecule has 0 saturated heterocycles. The van der Waals surface area contributed by atoms with Crippen LogP contribution in [-0.2, 0) is 15.7 Å². The quantitative estimate of drug-likeness (QED) is 0.500. The zero-order valence-corrected chi connectivity index (χ0v) is 16.8. The minimum atomic E-state index is -3.38. The lowest BCUT2D eigenvalue weighted by Crippen LogP contribution is -2.21. The summed E-state index contributed by atoms with van der Waals surface area (Å²) in [6, 6.07) is 7.24. The third-order valence-electron chi connectivity index (χ3n) is 3.91. The number of rotatable bonds is 6. The van der Waals surface area contributed by atoms with Crippen LogP contribution in [0.5, 0.6) is 0 Å². The Labute approximate surface area is 176 Å². The third-order valence-corrected chi connectivity index (χ3v) is 4.68. The van der Waals surface area contributed by atoms with Gasteiger partial charge in [-0.05, 0) is 36.4 Å². The molecule has 1 aromatic carbocycles. The lowest BCUT2D eigenvalue weighted by molar-refractivity contribution is -0.114. The van der Waals surface area contributed by atoms with Crippen molar-refractivity contribution in [2.24, 2.45) is 0 Å². The summed E-state index contributed by atoms with van der Waals surface area (Å²) >= 11 is 0. The van der Waals surface area contributed by atoms with Crippen molar-refractivity contribution in [3.63, 3.8) is 0 Å². The Morgan fingerprint density at radius 2 is 1.81 bits per heavy atom. The summed E-state index contributed by atoms with van der Waals surface area (Å²) in [6.07, 6.45) is 3.75. The molecule has 0 spiro atoms. The number of amides is 2. The molecule has 0 saturated carbocycles. The number of thiol groups is 1. The molecule has 0 atom stereocenters. The number of benzene rings is 1. The van der Waals surface area contributed by atoms with Gasteiger partial charge in [0, 0.05) is 13.1 Å². The van der Waals surface area contributed by atoms with Crippen molar-refractivity contribution < 1.29 is 26.8 Å². The average Bonchev–Trinajstić information content (AvgIpc) is 2.71. The molecule has 0 aliphatic rings. The van der Waals surface area contributed by atoms with Gasteiger partial charge in [0.15, 0.2) is 5.82 Å². The van der Waals surface area contributed by atoms with E-state index in [0.29, 0.717) is 4.31 Å². The highest BCUT2D eigenvalue weighted by Gasteiger charge is 2.25. The molecule has 2 aromatic heterocycles. The predicted octanol–water partition coefficient (Wildman–Crippen LogP) is 2.63. The molecule has 9 nitrogen and oxygen atoms in total. The van der Waals surface area contributed by atoms with Crippen LogP contribution in [-0.4, -0.2) is 30.2 Å². The summed E-state index contributed by atoms with van der Waals surface area (Å²) in [5, 5.41) is 4.71. The zero-order chi connectivity index (χ0) is 22.5. The summed E-state index contributed by atoms with van der Waals surface area (Å²) in [6.45, 7) is 1.29. The second-order valence-corrected chi connectivity index (χ2v) is 6.96. The molecule has 160 valence electrons. The second kappa shape index (κ2) is 9.26. The first-order chi connectivity index (χ1) is 14.8. The highest BCUT2D eigenvalue weighted by Crippen LogP contribution is 2.31. The maximum absolute atomic E-state index is 15.1. The van der Waals surface area contributed by atoms with Crippen LogP contribution >= 0.6 is 0 Å². The lowest BCUT2D eigenvalue weighted by Gasteiger charge is -2.19. The van der Waals surface area contributed by atoms with Crippen molar-refractivity contribution in [3.8, 4) is 0 Å². The first kappa shape index (κ1) is 21.8. The van der Waals surface area contributed by atoms with E-state index < -0.39 is 39.7 Å². The molecule has 2 heterocycles. The van der Waals surface area contributed by atoms with Gasteiger partial charge < -0.3 is 10.6 Å². The van der Waals surface area contributed by atoms with Gasteiger partial charge >= 0.3 is 0 Å². The number of hydrogen-bond acceptors (Lipinski definition) is 6. The summed E-state index contributed by atoms with van der Waals surface area (Å²) < 4.78 is 53.5. The number of anilines is 4. The van der Waals surface area contributed by atoms with Gasteiger partial charge in [0.2, 0.25) is 16.8 Å². The average molecular weight is 447 g/mol. The second-order valence-electron chi connectivity index (χ2n) is 6.08. The van der Waals surface area contributed by atoms with Gasteiger partial charge in [0.25, 0.3) is 5.91 Å². The van der Waals surface area contributed by atoms with Gasteiger partial charge in [-0.1, -0.05) is 0 Å². The van der Waals surface area contributed by atoms with Gasteiger partial charge in [-0.2, -0.15) is 0 Å². The molecule has 0 radical (unpaired) electrons. The van der Waals surface area contributed by atoms with Crippen LogP contribution in [0.2, 0.25) is 0 Å². The molecule has 3 rings (SSSR count). The van der Waals surface area contributed by atoms with Crippen molar-refractivity contribution in [1.29, 1.82) is 0 Å². The van der Waals surface area contributed by atoms with Crippen LogP contribution in [0.25, 0.3) is 0 Å². The Hall–Kier alpha value is -3.93. The lowest BCUT2D eigenvalue weighted by atomic mass is 10.1.